The van der Waals surface area contributed by atoms with Crippen LogP contribution in [0.2, 0.25) is 0 Å². The molecule has 12 nitrogen and oxygen atoms in total. The Morgan fingerprint density at radius 1 is 1.18 bits per heavy atom. The van der Waals surface area contributed by atoms with E-state index in [-0.39, 0.29) is 41.6 Å². The lowest BCUT2D eigenvalue weighted by molar-refractivity contribution is -0.275. The molecule has 45 heavy (non-hydrogen) atoms. The Kier molecular flexibility index (Phi) is 6.37. The van der Waals surface area contributed by atoms with Crippen LogP contribution in [-0.4, -0.2) is 98.9 Å². The van der Waals surface area contributed by atoms with E-state index in [9.17, 15) is 48.0 Å². The summed E-state index contributed by atoms with van der Waals surface area (Å²) in [4.78, 5) is 43.1. The fourth-order valence-corrected chi connectivity index (χ4v) is 9.12. The fourth-order valence-electron chi connectivity index (χ4n) is 9.12. The van der Waals surface area contributed by atoms with Crippen molar-refractivity contribution in [2.45, 2.75) is 62.2 Å². The monoisotopic (exact) mass is 634 g/mol. The van der Waals surface area contributed by atoms with E-state index in [1.54, 1.807) is 0 Å². The minimum absolute atomic E-state index is 0.0399. The van der Waals surface area contributed by atoms with E-state index in [1.165, 1.54) is 19.0 Å². The van der Waals surface area contributed by atoms with Crippen molar-refractivity contribution in [1.29, 1.82) is 0 Å². The third-order valence-electron chi connectivity index (χ3n) is 10.7. The summed E-state index contributed by atoms with van der Waals surface area (Å²) in [6.45, 7) is 1.03. The van der Waals surface area contributed by atoms with Crippen LogP contribution in [0.3, 0.4) is 0 Å². The number of ether oxygens (including phenoxy) is 1. The second kappa shape index (κ2) is 9.59. The highest BCUT2D eigenvalue weighted by molar-refractivity contribution is 6.24. The minimum atomic E-state index is -5.13. The Labute approximate surface area is 254 Å². The van der Waals surface area contributed by atoms with E-state index in [0.29, 0.717) is 13.1 Å². The van der Waals surface area contributed by atoms with Crippen molar-refractivity contribution in [3.63, 3.8) is 0 Å². The lowest BCUT2D eigenvalue weighted by Crippen LogP contribution is -2.65. The molecule has 15 heteroatoms. The molecule has 7 atom stereocenters. The first-order valence-corrected chi connectivity index (χ1v) is 14.9. The second-order valence-electron chi connectivity index (χ2n) is 13.2. The van der Waals surface area contributed by atoms with Crippen LogP contribution in [0.5, 0.6) is 11.5 Å². The quantitative estimate of drug-likeness (QED) is 0.210. The van der Waals surface area contributed by atoms with Crippen LogP contribution in [0.15, 0.2) is 16.9 Å². The molecule has 3 fully saturated rings. The van der Waals surface area contributed by atoms with Gasteiger partial charge in [-0.25, -0.2) is 0 Å². The van der Waals surface area contributed by atoms with Crippen molar-refractivity contribution < 1.29 is 52.7 Å². The lowest BCUT2D eigenvalue weighted by atomic mass is 9.57. The summed E-state index contributed by atoms with van der Waals surface area (Å²) in [6, 6.07) is -1.62. The second-order valence-corrected chi connectivity index (χ2v) is 13.2. The van der Waals surface area contributed by atoms with Gasteiger partial charge in [0.15, 0.2) is 17.1 Å². The van der Waals surface area contributed by atoms with Gasteiger partial charge < -0.3 is 36.2 Å². The van der Waals surface area contributed by atoms with Crippen molar-refractivity contribution in [3.05, 3.63) is 33.6 Å². The molecule has 242 valence electrons. The Hall–Kier alpha value is -3.82. The van der Waals surface area contributed by atoms with Gasteiger partial charge in [-0.2, -0.15) is 0 Å². The average molecular weight is 635 g/mol. The van der Waals surface area contributed by atoms with Crippen molar-refractivity contribution in [3.8, 4) is 11.5 Å². The van der Waals surface area contributed by atoms with E-state index < -0.39 is 93.1 Å². The maximum atomic E-state index is 14.1. The molecule has 0 spiro atoms. The SMILES string of the molecule is CN(C)[C@H]1C(=O)C(C(N)=O)=C(O)[C@]2(O)C(=O)C3=C(O)c4c(O)c5c(c(OC(F)(F)F)c4C[C@@H]3C[C@H]12)C1C(CN5)CC2CCCN21. The van der Waals surface area contributed by atoms with Crippen molar-refractivity contribution in [2.75, 3.05) is 32.5 Å². The van der Waals surface area contributed by atoms with E-state index in [2.05, 4.69) is 10.2 Å². The van der Waals surface area contributed by atoms with E-state index in [1.807, 2.05) is 0 Å². The molecule has 3 heterocycles. The summed E-state index contributed by atoms with van der Waals surface area (Å²) in [7, 11) is 2.92. The van der Waals surface area contributed by atoms with Crippen LogP contribution >= 0.6 is 0 Å². The number of ketones is 2. The maximum absolute atomic E-state index is 14.1. The number of alkyl halides is 3. The highest BCUT2D eigenvalue weighted by Gasteiger charge is 2.64. The van der Waals surface area contributed by atoms with E-state index in [0.717, 1.165) is 19.3 Å². The number of hydrogen-bond donors (Lipinski definition) is 6. The summed E-state index contributed by atoms with van der Waals surface area (Å²) < 4.78 is 47.0. The molecule has 3 aliphatic heterocycles. The molecule has 1 aromatic rings. The van der Waals surface area contributed by atoms with Crippen LogP contribution < -0.4 is 15.8 Å². The molecule has 3 unspecified atom stereocenters. The largest absolute Gasteiger partial charge is 0.573 e. The predicted octanol–water partition coefficient (Wildman–Crippen LogP) is 1.81. The summed E-state index contributed by atoms with van der Waals surface area (Å²) >= 11 is 0. The molecule has 3 aliphatic carbocycles. The molecule has 0 radical (unpaired) electrons. The van der Waals surface area contributed by atoms with Crippen LogP contribution in [0.4, 0.5) is 18.9 Å². The number of aliphatic hydroxyl groups is 3. The number of carbonyl (C=O) groups is 3. The van der Waals surface area contributed by atoms with Crippen molar-refractivity contribution in [1.82, 2.24) is 9.80 Å². The molecule has 1 saturated carbocycles. The number of anilines is 1. The van der Waals surface area contributed by atoms with Crippen LogP contribution in [0.25, 0.3) is 5.76 Å². The Bertz CT molecular complexity index is 1640. The van der Waals surface area contributed by atoms with Crippen LogP contribution in [0, 0.1) is 17.8 Å². The lowest BCUT2D eigenvalue weighted by Gasteiger charge is -2.50. The predicted molar refractivity (Wildman–Crippen MR) is 150 cm³/mol. The molecular weight excluding hydrogens is 601 g/mol. The first-order chi connectivity index (χ1) is 21.1. The highest BCUT2D eigenvalue weighted by atomic mass is 19.4. The number of nitrogens with one attached hydrogen (secondary N) is 1. The molecule has 7 rings (SSSR count). The number of fused-ring (bicyclic) bond motifs is 8. The zero-order valence-electron chi connectivity index (χ0n) is 24.4. The molecule has 1 aromatic carbocycles. The van der Waals surface area contributed by atoms with Gasteiger partial charge in [0.05, 0.1) is 17.3 Å². The Morgan fingerprint density at radius 3 is 2.53 bits per heavy atom. The van der Waals surface area contributed by atoms with Crippen LogP contribution in [-0.2, 0) is 20.8 Å². The minimum Gasteiger partial charge on any atom is -0.508 e. The van der Waals surface area contributed by atoms with Crippen molar-refractivity contribution in [2.24, 2.45) is 23.5 Å². The van der Waals surface area contributed by atoms with Gasteiger partial charge >= 0.3 is 6.36 Å². The highest BCUT2D eigenvalue weighted by Crippen LogP contribution is 2.61. The number of phenolic OH excluding ortho intramolecular Hbond substituents is 1. The third-order valence-corrected chi connectivity index (χ3v) is 10.7. The van der Waals surface area contributed by atoms with E-state index in [4.69, 9.17) is 10.5 Å². The number of aliphatic hydroxyl groups excluding tert-OH is 2. The van der Waals surface area contributed by atoms with Gasteiger partial charge in [-0.1, -0.05) is 0 Å². The number of rotatable bonds is 3. The summed E-state index contributed by atoms with van der Waals surface area (Å²) in [5.74, 6) is -9.24. The number of Topliss-reactive ketones (excluding diaryl/α,β-unsaturated/α-hetero) is 2. The zero-order valence-corrected chi connectivity index (χ0v) is 24.4. The Morgan fingerprint density at radius 2 is 1.89 bits per heavy atom. The molecule has 2 saturated heterocycles. The smallest absolute Gasteiger partial charge is 0.508 e. The Balaban J connectivity index is 1.46. The number of primary amides is 1. The average Bonchev–Trinajstić information content (AvgIpc) is 3.53. The number of halogens is 3. The standard InChI is InChI=1S/C30H33F3N4O8/c1-36(2)21-14-8-10-7-13-16(22(38)15(10)26(41)29(14,44)27(42)18(24(21)40)28(34)43)23(39)19-17(25(13)45-30(31,32)33)20-11(9-35-19)6-12-4-3-5-37(12)20/h10-12,14,20-21,35,38-39,42,44H,3-9H2,1-2H3,(H2,34,43)/t10-,11?,12?,14-,20?,21-,29-/m1/s1. The van der Waals surface area contributed by atoms with Gasteiger partial charge in [0.2, 0.25) is 5.78 Å². The molecule has 7 N–H and O–H groups in total. The van der Waals surface area contributed by atoms with E-state index >= 15 is 0 Å². The van der Waals surface area contributed by atoms with Gasteiger partial charge in [-0.05, 0) is 64.6 Å². The van der Waals surface area contributed by atoms with Gasteiger partial charge in [-0.15, -0.1) is 13.2 Å². The number of amides is 1. The number of carbonyl (C=O) groups excluding carboxylic acids is 3. The molecular formula is C30H33F3N4O8. The topological polar surface area (TPSA) is 186 Å². The summed E-state index contributed by atoms with van der Waals surface area (Å²) in [5.41, 5.74) is 0.579. The van der Waals surface area contributed by atoms with Gasteiger partial charge in [0.1, 0.15) is 22.8 Å². The molecule has 1 amide bonds. The number of nitrogens with two attached hydrogens (primary N) is 1. The number of aromatic hydroxyl groups is 1. The van der Waals surface area contributed by atoms with Crippen molar-refractivity contribution >= 4 is 28.9 Å². The van der Waals surface area contributed by atoms with Gasteiger partial charge in [0.25, 0.3) is 5.91 Å². The fraction of sp³-hybridized carbons (Fsp3) is 0.567. The first-order valence-electron chi connectivity index (χ1n) is 14.9. The first kappa shape index (κ1) is 29.9. The summed E-state index contributed by atoms with van der Waals surface area (Å²) in [6.07, 6.45) is -3.16. The number of hydrogen-bond acceptors (Lipinski definition) is 11. The number of benzene rings is 1. The number of likely N-dealkylation sites (N-methyl/N-ethyl adjacent to an activating group) is 1. The van der Waals surface area contributed by atoms with Gasteiger partial charge in [0, 0.05) is 41.2 Å². The normalized spacial score (nSPS) is 34.1. The summed E-state index contributed by atoms with van der Waals surface area (Å²) in [5, 5.41) is 49.0. The van der Waals surface area contributed by atoms with Crippen LogP contribution in [0.1, 0.15) is 48.4 Å². The van der Waals surface area contributed by atoms with Gasteiger partial charge in [-0.3, -0.25) is 24.2 Å². The molecule has 0 bridgehead atoms. The molecule has 6 aliphatic rings. The maximum Gasteiger partial charge on any atom is 0.573 e. The molecule has 0 aromatic heterocycles. The zero-order chi connectivity index (χ0) is 32.5. The number of phenols is 1. The third kappa shape index (κ3) is 3.92. The number of nitrogens with zero attached hydrogens (tertiary/aromatic N) is 2.